The lowest BCUT2D eigenvalue weighted by Gasteiger charge is -2.12. The van der Waals surface area contributed by atoms with E-state index in [9.17, 15) is 14.4 Å². The molecule has 0 aliphatic heterocycles. The van der Waals surface area contributed by atoms with Crippen LogP contribution >= 0.6 is 0 Å². The molecule has 0 aliphatic carbocycles. The topological polar surface area (TPSA) is 85.6 Å². The Bertz CT molecular complexity index is 806. The number of anilines is 1. The summed E-state index contributed by atoms with van der Waals surface area (Å²) in [4.78, 5) is 35.4. The highest BCUT2D eigenvalue weighted by Crippen LogP contribution is 2.27. The minimum atomic E-state index is -0.682. The van der Waals surface area contributed by atoms with Gasteiger partial charge in [0.2, 0.25) is 11.7 Å². The minimum Gasteiger partial charge on any atom is -0.460 e. The fourth-order valence-electron chi connectivity index (χ4n) is 2.38. The Kier molecular flexibility index (Phi) is 5.16. The number of hydrogen-bond donors (Lipinski definition) is 1. The standard InChI is InChI=1S/C17H19NO5/c1-4-6-11-13(18-10(3)19)8-7-12-14(20)9-15(23-16(11)12)17(21)22-5-2/h7-9H,4-6H2,1-3H3,(H,18,19). The van der Waals surface area contributed by atoms with E-state index in [4.69, 9.17) is 9.15 Å². The van der Waals surface area contributed by atoms with Crippen LogP contribution in [-0.2, 0) is 16.0 Å². The number of benzene rings is 1. The molecule has 6 heteroatoms. The lowest BCUT2D eigenvalue weighted by atomic mass is 10.0. The van der Waals surface area contributed by atoms with Crippen molar-refractivity contribution in [3.63, 3.8) is 0 Å². The molecule has 0 saturated carbocycles. The predicted molar refractivity (Wildman–Crippen MR) is 86.7 cm³/mol. The van der Waals surface area contributed by atoms with E-state index in [2.05, 4.69) is 5.32 Å². The first-order valence-electron chi connectivity index (χ1n) is 7.52. The Morgan fingerprint density at radius 3 is 2.61 bits per heavy atom. The van der Waals surface area contributed by atoms with Crippen LogP contribution < -0.4 is 10.7 Å². The fraction of sp³-hybridized carbons (Fsp3) is 0.353. The molecule has 0 radical (unpaired) electrons. The third-order valence-corrected chi connectivity index (χ3v) is 3.29. The van der Waals surface area contributed by atoms with Crippen molar-refractivity contribution < 1.29 is 18.7 Å². The summed E-state index contributed by atoms with van der Waals surface area (Å²) >= 11 is 0. The van der Waals surface area contributed by atoms with Crippen molar-refractivity contribution in [1.29, 1.82) is 0 Å². The maximum Gasteiger partial charge on any atom is 0.374 e. The molecule has 6 nitrogen and oxygen atoms in total. The molecule has 1 aromatic carbocycles. The first kappa shape index (κ1) is 16.7. The van der Waals surface area contributed by atoms with Crippen LogP contribution in [0.25, 0.3) is 11.0 Å². The Balaban J connectivity index is 2.70. The number of ether oxygens (including phenoxy) is 1. The molecule has 0 fully saturated rings. The molecular weight excluding hydrogens is 298 g/mol. The number of amides is 1. The van der Waals surface area contributed by atoms with E-state index < -0.39 is 5.97 Å². The Hall–Kier alpha value is -2.63. The Morgan fingerprint density at radius 2 is 2.00 bits per heavy atom. The summed E-state index contributed by atoms with van der Waals surface area (Å²) in [5.41, 5.74) is 1.27. The molecule has 0 saturated heterocycles. The van der Waals surface area contributed by atoms with E-state index in [1.807, 2.05) is 6.92 Å². The van der Waals surface area contributed by atoms with Gasteiger partial charge >= 0.3 is 5.97 Å². The zero-order valence-electron chi connectivity index (χ0n) is 13.4. The number of hydrogen-bond acceptors (Lipinski definition) is 5. The van der Waals surface area contributed by atoms with Gasteiger partial charge in [0.05, 0.1) is 12.0 Å². The average molecular weight is 317 g/mol. The summed E-state index contributed by atoms with van der Waals surface area (Å²) in [6.45, 7) is 5.25. The lowest BCUT2D eigenvalue weighted by molar-refractivity contribution is -0.114. The van der Waals surface area contributed by atoms with Crippen molar-refractivity contribution in [2.24, 2.45) is 0 Å². The van der Waals surface area contributed by atoms with Crippen LogP contribution in [0.5, 0.6) is 0 Å². The monoisotopic (exact) mass is 317 g/mol. The van der Waals surface area contributed by atoms with Gasteiger partial charge in [-0.15, -0.1) is 0 Å². The summed E-state index contributed by atoms with van der Waals surface area (Å²) in [7, 11) is 0. The highest BCUT2D eigenvalue weighted by atomic mass is 16.5. The van der Waals surface area contributed by atoms with Crippen LogP contribution in [0.1, 0.15) is 43.3 Å². The normalized spacial score (nSPS) is 10.6. The maximum absolute atomic E-state index is 12.2. The van der Waals surface area contributed by atoms with Crippen molar-refractivity contribution in [2.75, 3.05) is 11.9 Å². The van der Waals surface area contributed by atoms with E-state index in [-0.39, 0.29) is 23.7 Å². The molecule has 0 aliphatic rings. The predicted octanol–water partition coefficient (Wildman–Crippen LogP) is 2.88. The summed E-state index contributed by atoms with van der Waals surface area (Å²) in [6.07, 6.45) is 1.39. The summed E-state index contributed by atoms with van der Waals surface area (Å²) in [6, 6.07) is 4.39. The van der Waals surface area contributed by atoms with E-state index in [0.717, 1.165) is 12.5 Å². The Morgan fingerprint density at radius 1 is 1.26 bits per heavy atom. The molecule has 0 bridgehead atoms. The quantitative estimate of drug-likeness (QED) is 0.857. The molecular formula is C17H19NO5. The summed E-state index contributed by atoms with van der Waals surface area (Å²) < 4.78 is 10.5. The molecule has 0 atom stereocenters. The van der Waals surface area contributed by atoms with Gasteiger partial charge in [-0.2, -0.15) is 0 Å². The molecule has 0 unspecified atom stereocenters. The van der Waals surface area contributed by atoms with Gasteiger partial charge in [-0.3, -0.25) is 9.59 Å². The molecule has 122 valence electrons. The SMILES string of the molecule is CCCc1c(NC(C)=O)ccc2c(=O)cc(C(=O)OCC)oc12. The highest BCUT2D eigenvalue weighted by molar-refractivity contribution is 5.95. The minimum absolute atomic E-state index is 0.137. The second kappa shape index (κ2) is 7.09. The van der Waals surface area contributed by atoms with Crippen molar-refractivity contribution in [1.82, 2.24) is 0 Å². The van der Waals surface area contributed by atoms with Crippen molar-refractivity contribution in [2.45, 2.75) is 33.6 Å². The van der Waals surface area contributed by atoms with Crippen molar-refractivity contribution >= 4 is 28.5 Å². The van der Waals surface area contributed by atoms with Crippen LogP contribution in [0, 0.1) is 0 Å². The molecule has 1 N–H and O–H groups in total. The van der Waals surface area contributed by atoms with Crippen LogP contribution in [0.3, 0.4) is 0 Å². The lowest BCUT2D eigenvalue weighted by Crippen LogP contribution is -2.13. The molecule has 1 amide bonds. The second-order valence-corrected chi connectivity index (χ2v) is 5.09. The largest absolute Gasteiger partial charge is 0.460 e. The molecule has 23 heavy (non-hydrogen) atoms. The van der Waals surface area contributed by atoms with E-state index in [1.165, 1.54) is 6.92 Å². The van der Waals surface area contributed by atoms with Gasteiger partial charge in [0, 0.05) is 24.2 Å². The van der Waals surface area contributed by atoms with Crippen molar-refractivity contribution in [3.05, 3.63) is 39.7 Å². The molecule has 1 aromatic heterocycles. The van der Waals surface area contributed by atoms with Crippen LogP contribution in [0.2, 0.25) is 0 Å². The number of aryl methyl sites for hydroxylation is 1. The second-order valence-electron chi connectivity index (χ2n) is 5.09. The number of nitrogens with one attached hydrogen (secondary N) is 1. The number of fused-ring (bicyclic) bond motifs is 1. The van der Waals surface area contributed by atoms with Crippen molar-refractivity contribution in [3.8, 4) is 0 Å². The molecule has 0 spiro atoms. The zero-order chi connectivity index (χ0) is 17.0. The van der Waals surface area contributed by atoms with Gasteiger partial charge < -0.3 is 14.5 Å². The third kappa shape index (κ3) is 3.59. The fourth-order valence-corrected chi connectivity index (χ4v) is 2.38. The number of carbonyl (C=O) groups excluding carboxylic acids is 2. The zero-order valence-corrected chi connectivity index (χ0v) is 13.4. The van der Waals surface area contributed by atoms with Gasteiger partial charge in [0.15, 0.2) is 5.43 Å². The van der Waals surface area contributed by atoms with E-state index in [0.29, 0.717) is 28.6 Å². The van der Waals surface area contributed by atoms with E-state index >= 15 is 0 Å². The van der Waals surface area contributed by atoms with Gasteiger partial charge in [-0.05, 0) is 25.5 Å². The van der Waals surface area contributed by atoms with Crippen LogP contribution in [-0.4, -0.2) is 18.5 Å². The highest BCUT2D eigenvalue weighted by Gasteiger charge is 2.17. The van der Waals surface area contributed by atoms with Gasteiger partial charge in [-0.1, -0.05) is 13.3 Å². The molecule has 1 heterocycles. The van der Waals surface area contributed by atoms with E-state index in [1.54, 1.807) is 19.1 Å². The smallest absolute Gasteiger partial charge is 0.374 e. The molecule has 2 aromatic rings. The van der Waals surface area contributed by atoms with Gasteiger partial charge in [0.1, 0.15) is 5.58 Å². The number of rotatable bonds is 5. The third-order valence-electron chi connectivity index (χ3n) is 3.29. The number of carbonyl (C=O) groups is 2. The molecule has 2 rings (SSSR count). The Labute approximate surface area is 133 Å². The number of esters is 1. The average Bonchev–Trinajstić information content (AvgIpc) is 2.49. The van der Waals surface area contributed by atoms with Gasteiger partial charge in [-0.25, -0.2) is 4.79 Å². The maximum atomic E-state index is 12.2. The summed E-state index contributed by atoms with van der Waals surface area (Å²) in [5.74, 6) is -1.04. The first-order chi connectivity index (χ1) is 11.0. The van der Waals surface area contributed by atoms with Crippen LogP contribution in [0.4, 0.5) is 5.69 Å². The van der Waals surface area contributed by atoms with Crippen LogP contribution in [0.15, 0.2) is 27.4 Å². The van der Waals surface area contributed by atoms with Gasteiger partial charge in [0.25, 0.3) is 0 Å². The first-order valence-corrected chi connectivity index (χ1v) is 7.52. The summed E-state index contributed by atoms with van der Waals surface area (Å²) in [5, 5.41) is 3.10.